The molecule has 2 fully saturated rings. The predicted molar refractivity (Wildman–Crippen MR) is 101 cm³/mol. The number of nitrogens with zero attached hydrogens (tertiary/aromatic N) is 5. The molecule has 0 saturated carbocycles. The molecule has 0 N–H and O–H groups in total. The molecule has 2 aromatic heterocycles. The summed E-state index contributed by atoms with van der Waals surface area (Å²) in [4.78, 5) is 34.8. The van der Waals surface area contributed by atoms with Crippen molar-refractivity contribution in [3.05, 3.63) is 28.6 Å². The van der Waals surface area contributed by atoms with Crippen LogP contribution in [-0.2, 0) is 22.6 Å². The van der Waals surface area contributed by atoms with Crippen LogP contribution < -0.4 is 4.90 Å². The van der Waals surface area contributed by atoms with Gasteiger partial charge in [-0.15, -0.1) is 11.3 Å². The molecule has 2 saturated heterocycles. The Balaban J connectivity index is 1.27. The second kappa shape index (κ2) is 7.77. The van der Waals surface area contributed by atoms with E-state index in [1.807, 2.05) is 23.3 Å². The molecule has 4 heterocycles. The first kappa shape index (κ1) is 18.1. The summed E-state index contributed by atoms with van der Waals surface area (Å²) in [6.45, 7) is 6.40. The van der Waals surface area contributed by atoms with Crippen LogP contribution in [0.1, 0.15) is 30.0 Å². The van der Waals surface area contributed by atoms with Gasteiger partial charge >= 0.3 is 0 Å². The molecule has 9 heteroatoms. The largest absolute Gasteiger partial charge is 0.360 e. The van der Waals surface area contributed by atoms with Gasteiger partial charge in [-0.3, -0.25) is 19.4 Å². The van der Waals surface area contributed by atoms with Crippen molar-refractivity contribution in [1.82, 2.24) is 19.9 Å². The molecular formula is C18H23N5O3S. The van der Waals surface area contributed by atoms with E-state index in [0.29, 0.717) is 31.1 Å². The maximum atomic E-state index is 12.6. The molecule has 0 unspecified atom stereocenters. The summed E-state index contributed by atoms with van der Waals surface area (Å²) in [7, 11) is 0. The van der Waals surface area contributed by atoms with E-state index in [2.05, 4.69) is 15.0 Å². The van der Waals surface area contributed by atoms with Gasteiger partial charge in [0.15, 0.2) is 10.9 Å². The Bertz CT molecular complexity index is 825. The number of aromatic nitrogens is 2. The highest BCUT2D eigenvalue weighted by molar-refractivity contribution is 7.14. The topological polar surface area (TPSA) is 82.8 Å². The van der Waals surface area contributed by atoms with Crippen LogP contribution in [0.5, 0.6) is 0 Å². The SMILES string of the molecule is Cc1cc(CN2CCN(C(=O)Cc3csc(N4CCCC4=O)n3)CC2)on1. The maximum absolute atomic E-state index is 12.6. The monoisotopic (exact) mass is 389 g/mol. The van der Waals surface area contributed by atoms with Crippen molar-refractivity contribution in [3.8, 4) is 0 Å². The van der Waals surface area contributed by atoms with E-state index in [0.717, 1.165) is 49.7 Å². The van der Waals surface area contributed by atoms with Crippen LogP contribution in [0.2, 0.25) is 0 Å². The third-order valence-corrected chi connectivity index (χ3v) is 5.87. The lowest BCUT2D eigenvalue weighted by atomic mass is 10.2. The fourth-order valence-corrected chi connectivity index (χ4v) is 4.35. The van der Waals surface area contributed by atoms with Crippen molar-refractivity contribution in [3.63, 3.8) is 0 Å². The van der Waals surface area contributed by atoms with Crippen LogP contribution in [0.15, 0.2) is 16.0 Å². The van der Waals surface area contributed by atoms with Crippen molar-refractivity contribution in [1.29, 1.82) is 0 Å². The Morgan fingerprint density at radius 3 is 2.74 bits per heavy atom. The fraction of sp³-hybridized carbons (Fsp3) is 0.556. The first-order valence-electron chi connectivity index (χ1n) is 9.25. The van der Waals surface area contributed by atoms with Gasteiger partial charge in [-0.05, 0) is 13.3 Å². The van der Waals surface area contributed by atoms with Crippen LogP contribution in [0.4, 0.5) is 5.13 Å². The van der Waals surface area contributed by atoms with Crippen molar-refractivity contribution >= 4 is 28.3 Å². The maximum Gasteiger partial charge on any atom is 0.228 e. The van der Waals surface area contributed by atoms with E-state index in [4.69, 9.17) is 4.52 Å². The van der Waals surface area contributed by atoms with E-state index in [1.165, 1.54) is 11.3 Å². The summed E-state index contributed by atoms with van der Waals surface area (Å²) >= 11 is 1.44. The molecule has 0 aliphatic carbocycles. The molecule has 0 aromatic carbocycles. The molecule has 27 heavy (non-hydrogen) atoms. The molecule has 2 aromatic rings. The Hall–Kier alpha value is -2.26. The van der Waals surface area contributed by atoms with Gasteiger partial charge in [0.2, 0.25) is 11.8 Å². The number of piperazine rings is 1. The zero-order valence-corrected chi connectivity index (χ0v) is 16.2. The van der Waals surface area contributed by atoms with Crippen LogP contribution in [0, 0.1) is 6.92 Å². The summed E-state index contributed by atoms with van der Waals surface area (Å²) in [5, 5.41) is 6.52. The Labute approximate surface area is 161 Å². The van der Waals surface area contributed by atoms with Crippen LogP contribution >= 0.6 is 11.3 Å². The van der Waals surface area contributed by atoms with Crippen molar-refractivity contribution in [2.24, 2.45) is 0 Å². The number of rotatable bonds is 5. The lowest BCUT2D eigenvalue weighted by Crippen LogP contribution is -2.48. The number of aryl methyl sites for hydroxylation is 1. The molecule has 2 aliphatic rings. The Morgan fingerprint density at radius 1 is 1.26 bits per heavy atom. The van der Waals surface area contributed by atoms with Crippen LogP contribution in [0.25, 0.3) is 0 Å². The van der Waals surface area contributed by atoms with Crippen molar-refractivity contribution in [2.75, 3.05) is 37.6 Å². The third-order valence-electron chi connectivity index (χ3n) is 4.96. The highest BCUT2D eigenvalue weighted by Gasteiger charge is 2.26. The quantitative estimate of drug-likeness (QED) is 0.770. The molecule has 0 radical (unpaired) electrons. The van der Waals surface area contributed by atoms with E-state index in [9.17, 15) is 9.59 Å². The predicted octanol–water partition coefficient (Wildman–Crippen LogP) is 1.45. The Kier molecular flexibility index (Phi) is 5.22. The van der Waals surface area contributed by atoms with E-state index < -0.39 is 0 Å². The minimum Gasteiger partial charge on any atom is -0.360 e. The fourth-order valence-electron chi connectivity index (χ4n) is 3.49. The molecule has 2 aliphatic heterocycles. The van der Waals surface area contributed by atoms with Crippen LogP contribution in [0.3, 0.4) is 0 Å². The average molecular weight is 389 g/mol. The first-order valence-corrected chi connectivity index (χ1v) is 10.1. The minimum atomic E-state index is 0.0924. The summed E-state index contributed by atoms with van der Waals surface area (Å²) in [5.74, 6) is 1.08. The number of hydrogen-bond acceptors (Lipinski definition) is 7. The Morgan fingerprint density at radius 2 is 2.07 bits per heavy atom. The highest BCUT2D eigenvalue weighted by Crippen LogP contribution is 2.25. The van der Waals surface area contributed by atoms with Gasteiger partial charge < -0.3 is 9.42 Å². The second-order valence-corrected chi connectivity index (χ2v) is 7.88. The zero-order chi connectivity index (χ0) is 18.8. The lowest BCUT2D eigenvalue weighted by Gasteiger charge is -2.34. The standard InChI is InChI=1S/C18H23N5O3S/c1-13-9-15(26-20-13)11-21-5-7-22(8-6-21)17(25)10-14-12-27-18(19-14)23-4-2-3-16(23)24/h9,12H,2-8,10-11H2,1H3. The molecule has 4 rings (SSSR count). The smallest absolute Gasteiger partial charge is 0.228 e. The number of carbonyl (C=O) groups excluding carboxylic acids is 2. The molecule has 0 spiro atoms. The lowest BCUT2D eigenvalue weighted by molar-refractivity contribution is -0.132. The highest BCUT2D eigenvalue weighted by atomic mass is 32.1. The number of amides is 2. The summed E-state index contributed by atoms with van der Waals surface area (Å²) in [5.41, 5.74) is 1.64. The number of thiazole rings is 1. The molecule has 144 valence electrons. The molecule has 2 amide bonds. The number of anilines is 1. The minimum absolute atomic E-state index is 0.0924. The van der Waals surface area contributed by atoms with Crippen LogP contribution in [-0.4, -0.2) is 64.5 Å². The molecule has 8 nitrogen and oxygen atoms in total. The van der Waals surface area contributed by atoms with E-state index in [-0.39, 0.29) is 11.8 Å². The summed E-state index contributed by atoms with van der Waals surface area (Å²) in [6.07, 6.45) is 1.76. The van der Waals surface area contributed by atoms with Gasteiger partial charge in [0.1, 0.15) is 0 Å². The van der Waals surface area contributed by atoms with Crippen molar-refractivity contribution in [2.45, 2.75) is 32.7 Å². The van der Waals surface area contributed by atoms with E-state index in [1.54, 1.807) is 4.90 Å². The number of hydrogen-bond donors (Lipinski definition) is 0. The molecule has 0 bridgehead atoms. The number of carbonyl (C=O) groups is 2. The van der Waals surface area contributed by atoms with Gasteiger partial charge in [0.05, 0.1) is 24.4 Å². The second-order valence-electron chi connectivity index (χ2n) is 7.04. The zero-order valence-electron chi connectivity index (χ0n) is 15.4. The first-order chi connectivity index (χ1) is 13.1. The molecular weight excluding hydrogens is 366 g/mol. The van der Waals surface area contributed by atoms with Gasteiger partial charge in [-0.2, -0.15) is 0 Å². The average Bonchev–Trinajstić information content (AvgIpc) is 3.37. The third kappa shape index (κ3) is 4.19. The van der Waals surface area contributed by atoms with Gasteiger partial charge in [-0.25, -0.2) is 4.98 Å². The molecule has 0 atom stereocenters. The summed E-state index contributed by atoms with van der Waals surface area (Å²) < 4.78 is 5.27. The normalized spacial score (nSPS) is 18.5. The van der Waals surface area contributed by atoms with Gasteiger partial charge in [0.25, 0.3) is 0 Å². The van der Waals surface area contributed by atoms with Gasteiger partial charge in [-0.1, -0.05) is 5.16 Å². The van der Waals surface area contributed by atoms with Crippen molar-refractivity contribution < 1.29 is 14.1 Å². The van der Waals surface area contributed by atoms with E-state index >= 15 is 0 Å². The van der Waals surface area contributed by atoms with Gasteiger partial charge in [0, 0.05) is 50.6 Å². The summed E-state index contributed by atoms with van der Waals surface area (Å²) in [6, 6.07) is 1.95.